The van der Waals surface area contributed by atoms with E-state index >= 15 is 0 Å². The average Bonchev–Trinajstić information content (AvgIpc) is 2.49. The van der Waals surface area contributed by atoms with Crippen LogP contribution in [0.25, 0.3) is 0 Å². The second-order valence-electron chi connectivity index (χ2n) is 5.60. The van der Waals surface area contributed by atoms with Crippen LogP contribution in [0.15, 0.2) is 29.2 Å². The summed E-state index contributed by atoms with van der Waals surface area (Å²) in [6, 6.07) is 5.91. The molecule has 134 valence electrons. The first-order valence-corrected chi connectivity index (χ1v) is 9.51. The standard InChI is InChI=1S/C16H23NO6S/c1-12(5-10-16(19)20)17-15(18)4-3-11-23-13-6-8-14(9-7-13)24(2,21)22/h6-9,12H,3-5,10-11H2,1-2H3,(H,17,18)(H,19,20). The van der Waals surface area contributed by atoms with Crippen LogP contribution < -0.4 is 10.1 Å². The Kier molecular flexibility index (Phi) is 7.70. The van der Waals surface area contributed by atoms with E-state index < -0.39 is 15.8 Å². The number of sulfone groups is 1. The molecule has 1 aromatic rings. The van der Waals surface area contributed by atoms with Gasteiger partial charge in [0.15, 0.2) is 9.84 Å². The van der Waals surface area contributed by atoms with Crippen LogP contribution in [0.4, 0.5) is 0 Å². The van der Waals surface area contributed by atoms with Crippen molar-refractivity contribution in [3.63, 3.8) is 0 Å². The number of ether oxygens (including phenoxy) is 1. The summed E-state index contributed by atoms with van der Waals surface area (Å²) in [4.78, 5) is 22.4. The third-order valence-corrected chi connectivity index (χ3v) is 4.40. The van der Waals surface area contributed by atoms with E-state index in [9.17, 15) is 18.0 Å². The molecule has 1 aromatic carbocycles. The van der Waals surface area contributed by atoms with Gasteiger partial charge in [0.2, 0.25) is 5.91 Å². The van der Waals surface area contributed by atoms with Crippen LogP contribution in [0, 0.1) is 0 Å². The summed E-state index contributed by atoms with van der Waals surface area (Å²) in [6.45, 7) is 2.09. The average molecular weight is 357 g/mol. The van der Waals surface area contributed by atoms with Crippen LogP contribution >= 0.6 is 0 Å². The Labute approximate surface area is 141 Å². The molecule has 0 aliphatic heterocycles. The zero-order valence-electron chi connectivity index (χ0n) is 13.8. The first-order chi connectivity index (χ1) is 11.2. The van der Waals surface area contributed by atoms with E-state index in [0.717, 1.165) is 6.26 Å². The Bertz CT molecular complexity index is 654. The van der Waals surface area contributed by atoms with E-state index in [1.54, 1.807) is 19.1 Å². The number of carboxylic acid groups (broad SMARTS) is 1. The zero-order valence-corrected chi connectivity index (χ0v) is 14.6. The molecule has 1 atom stereocenters. The van der Waals surface area contributed by atoms with Gasteiger partial charge in [-0.15, -0.1) is 0 Å². The van der Waals surface area contributed by atoms with Crippen molar-refractivity contribution in [3.8, 4) is 5.75 Å². The van der Waals surface area contributed by atoms with Crippen molar-refractivity contribution in [2.24, 2.45) is 0 Å². The summed E-state index contributed by atoms with van der Waals surface area (Å²) in [6.07, 6.45) is 2.33. The van der Waals surface area contributed by atoms with Gasteiger partial charge in [-0.3, -0.25) is 9.59 Å². The van der Waals surface area contributed by atoms with E-state index in [-0.39, 0.29) is 29.7 Å². The van der Waals surface area contributed by atoms with Crippen molar-refractivity contribution in [1.29, 1.82) is 0 Å². The number of aliphatic carboxylic acids is 1. The summed E-state index contributed by atoms with van der Waals surface area (Å²) >= 11 is 0. The van der Waals surface area contributed by atoms with Crippen molar-refractivity contribution in [1.82, 2.24) is 5.32 Å². The summed E-state index contributed by atoms with van der Waals surface area (Å²) in [5.41, 5.74) is 0. The van der Waals surface area contributed by atoms with Crippen LogP contribution in [-0.2, 0) is 19.4 Å². The lowest BCUT2D eigenvalue weighted by Gasteiger charge is -2.12. The van der Waals surface area contributed by atoms with Crippen LogP contribution in [0.2, 0.25) is 0 Å². The fourth-order valence-corrected chi connectivity index (χ4v) is 2.60. The SMILES string of the molecule is CC(CCC(=O)O)NC(=O)CCCOc1ccc(S(C)(=O)=O)cc1. The van der Waals surface area contributed by atoms with Gasteiger partial charge in [-0.2, -0.15) is 0 Å². The smallest absolute Gasteiger partial charge is 0.303 e. The van der Waals surface area contributed by atoms with Gasteiger partial charge in [0.25, 0.3) is 0 Å². The molecule has 0 radical (unpaired) electrons. The number of carbonyl (C=O) groups excluding carboxylic acids is 1. The van der Waals surface area contributed by atoms with Crippen LogP contribution in [-0.4, -0.2) is 44.3 Å². The minimum Gasteiger partial charge on any atom is -0.494 e. The molecule has 0 aliphatic carbocycles. The van der Waals surface area contributed by atoms with E-state index in [0.29, 0.717) is 25.2 Å². The second-order valence-corrected chi connectivity index (χ2v) is 7.61. The molecule has 0 saturated carbocycles. The normalized spacial score (nSPS) is 12.4. The summed E-state index contributed by atoms with van der Waals surface area (Å²) in [5.74, 6) is -0.493. The van der Waals surface area contributed by atoms with Crippen molar-refractivity contribution in [2.75, 3.05) is 12.9 Å². The summed E-state index contributed by atoms with van der Waals surface area (Å²) < 4.78 is 28.1. The summed E-state index contributed by atoms with van der Waals surface area (Å²) in [7, 11) is -3.22. The van der Waals surface area contributed by atoms with E-state index in [2.05, 4.69) is 5.32 Å². The lowest BCUT2D eigenvalue weighted by Crippen LogP contribution is -2.32. The molecular formula is C16H23NO6S. The molecule has 24 heavy (non-hydrogen) atoms. The number of hydrogen-bond acceptors (Lipinski definition) is 5. The van der Waals surface area contributed by atoms with Crippen LogP contribution in [0.1, 0.15) is 32.6 Å². The van der Waals surface area contributed by atoms with E-state index in [1.807, 2.05) is 0 Å². The van der Waals surface area contributed by atoms with E-state index in [4.69, 9.17) is 9.84 Å². The maximum Gasteiger partial charge on any atom is 0.303 e. The van der Waals surface area contributed by atoms with Crippen LogP contribution in [0.3, 0.4) is 0 Å². The number of hydrogen-bond donors (Lipinski definition) is 2. The quantitative estimate of drug-likeness (QED) is 0.616. The maximum atomic E-state index is 11.7. The molecule has 0 aromatic heterocycles. The summed E-state index contributed by atoms with van der Waals surface area (Å²) in [5, 5.41) is 11.3. The van der Waals surface area contributed by atoms with Crippen LogP contribution in [0.5, 0.6) is 5.75 Å². The van der Waals surface area contributed by atoms with Gasteiger partial charge in [0, 0.05) is 25.1 Å². The molecule has 0 fully saturated rings. The second kappa shape index (κ2) is 9.27. The number of amides is 1. The Morgan fingerprint density at radius 2 is 1.83 bits per heavy atom. The molecule has 0 spiro atoms. The number of benzene rings is 1. The zero-order chi connectivity index (χ0) is 18.2. The van der Waals surface area contributed by atoms with Crippen molar-refractivity contribution >= 4 is 21.7 Å². The predicted octanol–water partition coefficient (Wildman–Crippen LogP) is 1.62. The molecule has 0 saturated heterocycles. The minimum atomic E-state index is -3.22. The molecule has 1 rings (SSSR count). The predicted molar refractivity (Wildman–Crippen MR) is 88.8 cm³/mol. The number of nitrogens with one attached hydrogen (secondary N) is 1. The fraction of sp³-hybridized carbons (Fsp3) is 0.500. The molecule has 7 nitrogen and oxygen atoms in total. The molecule has 1 unspecified atom stereocenters. The Morgan fingerprint density at radius 3 is 2.38 bits per heavy atom. The van der Waals surface area contributed by atoms with Gasteiger partial charge in [0.1, 0.15) is 5.75 Å². The largest absolute Gasteiger partial charge is 0.494 e. The Hall–Kier alpha value is -2.09. The van der Waals surface area contributed by atoms with Crippen molar-refractivity contribution < 1.29 is 27.9 Å². The molecule has 0 bridgehead atoms. The van der Waals surface area contributed by atoms with Gasteiger partial charge in [-0.25, -0.2) is 8.42 Å². The van der Waals surface area contributed by atoms with E-state index in [1.165, 1.54) is 12.1 Å². The monoisotopic (exact) mass is 357 g/mol. The first kappa shape index (κ1) is 20.0. The molecule has 0 aliphatic rings. The van der Waals surface area contributed by atoms with Gasteiger partial charge < -0.3 is 15.2 Å². The third kappa shape index (κ3) is 7.96. The fourth-order valence-electron chi connectivity index (χ4n) is 1.96. The molecule has 0 heterocycles. The highest BCUT2D eigenvalue weighted by Crippen LogP contribution is 2.16. The molecular weight excluding hydrogens is 334 g/mol. The highest BCUT2D eigenvalue weighted by Gasteiger charge is 2.09. The van der Waals surface area contributed by atoms with Crippen molar-refractivity contribution in [3.05, 3.63) is 24.3 Å². The first-order valence-electron chi connectivity index (χ1n) is 7.62. The molecule has 2 N–H and O–H groups in total. The number of carbonyl (C=O) groups is 2. The lowest BCUT2D eigenvalue weighted by molar-refractivity contribution is -0.137. The van der Waals surface area contributed by atoms with Gasteiger partial charge >= 0.3 is 5.97 Å². The Balaban J connectivity index is 2.26. The number of rotatable bonds is 10. The van der Waals surface area contributed by atoms with Gasteiger partial charge in [-0.05, 0) is 44.0 Å². The topological polar surface area (TPSA) is 110 Å². The highest BCUT2D eigenvalue weighted by molar-refractivity contribution is 7.90. The Morgan fingerprint density at radius 1 is 1.21 bits per heavy atom. The number of carboxylic acids is 1. The lowest BCUT2D eigenvalue weighted by atomic mass is 10.2. The van der Waals surface area contributed by atoms with Crippen molar-refractivity contribution in [2.45, 2.75) is 43.5 Å². The molecule has 1 amide bonds. The van der Waals surface area contributed by atoms with Gasteiger partial charge in [0.05, 0.1) is 11.5 Å². The highest BCUT2D eigenvalue weighted by atomic mass is 32.2. The van der Waals surface area contributed by atoms with Gasteiger partial charge in [-0.1, -0.05) is 0 Å². The maximum absolute atomic E-state index is 11.7. The minimum absolute atomic E-state index is 0.0219. The third-order valence-electron chi connectivity index (χ3n) is 3.27. The molecule has 8 heteroatoms.